The molecule has 0 radical (unpaired) electrons. The summed E-state index contributed by atoms with van der Waals surface area (Å²) in [6, 6.07) is 11.2. The number of nitrogens with zero attached hydrogens (tertiary/aromatic N) is 3. The summed E-state index contributed by atoms with van der Waals surface area (Å²) in [6.07, 6.45) is 1.50. The SMILES string of the molecule is COc1cccc(/C=N\OCc2nc(-c3ccc(F)cc3)no2)c1OC. The molecular formula is C18H16FN3O4. The van der Waals surface area contributed by atoms with Crippen LogP contribution in [0, 0.1) is 5.82 Å². The lowest BCUT2D eigenvalue weighted by atomic mass is 10.2. The van der Waals surface area contributed by atoms with E-state index in [9.17, 15) is 4.39 Å². The van der Waals surface area contributed by atoms with E-state index in [2.05, 4.69) is 15.3 Å². The molecule has 26 heavy (non-hydrogen) atoms. The Morgan fingerprint density at radius 3 is 2.65 bits per heavy atom. The molecule has 0 unspecified atom stereocenters. The Labute approximate surface area is 149 Å². The average molecular weight is 357 g/mol. The summed E-state index contributed by atoms with van der Waals surface area (Å²) in [6.45, 7) is -0.00300. The van der Waals surface area contributed by atoms with Gasteiger partial charge in [0.25, 0.3) is 5.89 Å². The van der Waals surface area contributed by atoms with Crippen LogP contribution in [0.1, 0.15) is 11.5 Å². The second kappa shape index (κ2) is 8.11. The average Bonchev–Trinajstić information content (AvgIpc) is 3.14. The fourth-order valence-electron chi connectivity index (χ4n) is 2.23. The molecule has 0 bridgehead atoms. The van der Waals surface area contributed by atoms with Gasteiger partial charge in [0, 0.05) is 11.1 Å². The molecule has 8 heteroatoms. The molecule has 0 N–H and O–H groups in total. The molecule has 0 aliphatic heterocycles. The molecule has 0 saturated heterocycles. The molecule has 0 saturated carbocycles. The molecular weight excluding hydrogens is 341 g/mol. The normalized spacial score (nSPS) is 10.9. The van der Waals surface area contributed by atoms with E-state index in [0.29, 0.717) is 28.5 Å². The third-order valence-electron chi connectivity index (χ3n) is 3.46. The van der Waals surface area contributed by atoms with Crippen molar-refractivity contribution in [1.29, 1.82) is 0 Å². The Kier molecular flexibility index (Phi) is 5.43. The zero-order chi connectivity index (χ0) is 18.4. The highest BCUT2D eigenvalue weighted by atomic mass is 19.1. The van der Waals surface area contributed by atoms with Gasteiger partial charge in [-0.05, 0) is 36.4 Å². The lowest BCUT2D eigenvalue weighted by molar-refractivity contribution is 0.107. The van der Waals surface area contributed by atoms with Gasteiger partial charge in [0.2, 0.25) is 5.82 Å². The van der Waals surface area contributed by atoms with Crippen molar-refractivity contribution in [2.24, 2.45) is 5.16 Å². The number of hydrogen-bond acceptors (Lipinski definition) is 7. The molecule has 7 nitrogen and oxygen atoms in total. The molecule has 0 aliphatic carbocycles. The summed E-state index contributed by atoms with van der Waals surface area (Å²) in [5.41, 5.74) is 1.34. The van der Waals surface area contributed by atoms with Crippen LogP contribution < -0.4 is 9.47 Å². The summed E-state index contributed by atoms with van der Waals surface area (Å²) in [4.78, 5) is 9.35. The van der Waals surface area contributed by atoms with E-state index in [1.165, 1.54) is 18.3 Å². The minimum absolute atomic E-state index is 0.00300. The van der Waals surface area contributed by atoms with Gasteiger partial charge >= 0.3 is 0 Å². The number of benzene rings is 2. The minimum atomic E-state index is -0.330. The summed E-state index contributed by atoms with van der Waals surface area (Å²) in [7, 11) is 3.11. The number of halogens is 1. The highest BCUT2D eigenvalue weighted by molar-refractivity contribution is 5.84. The monoisotopic (exact) mass is 357 g/mol. The first-order valence-corrected chi connectivity index (χ1v) is 7.66. The molecule has 3 aromatic rings. The second-order valence-electron chi connectivity index (χ2n) is 5.11. The Morgan fingerprint density at radius 1 is 1.12 bits per heavy atom. The van der Waals surface area contributed by atoms with Gasteiger partial charge in [-0.15, -0.1) is 0 Å². The molecule has 0 spiro atoms. The Hall–Kier alpha value is -3.42. The summed E-state index contributed by atoms with van der Waals surface area (Å²) in [5.74, 6) is 1.42. The van der Waals surface area contributed by atoms with Gasteiger partial charge in [-0.3, -0.25) is 0 Å². The maximum atomic E-state index is 12.9. The van der Waals surface area contributed by atoms with Gasteiger partial charge in [-0.1, -0.05) is 16.4 Å². The van der Waals surface area contributed by atoms with Crippen LogP contribution in [0.25, 0.3) is 11.4 Å². The highest BCUT2D eigenvalue weighted by Gasteiger charge is 2.10. The number of ether oxygens (including phenoxy) is 2. The fraction of sp³-hybridized carbons (Fsp3) is 0.167. The smallest absolute Gasteiger partial charge is 0.267 e. The highest BCUT2D eigenvalue weighted by Crippen LogP contribution is 2.29. The van der Waals surface area contributed by atoms with E-state index >= 15 is 0 Å². The van der Waals surface area contributed by atoms with Crippen molar-refractivity contribution in [3.05, 3.63) is 59.7 Å². The van der Waals surface area contributed by atoms with Crippen LogP contribution in [0.4, 0.5) is 4.39 Å². The van der Waals surface area contributed by atoms with E-state index in [4.69, 9.17) is 18.8 Å². The van der Waals surface area contributed by atoms with Crippen molar-refractivity contribution in [1.82, 2.24) is 10.1 Å². The number of hydrogen-bond donors (Lipinski definition) is 0. The number of para-hydroxylation sites is 1. The molecule has 0 aliphatic rings. The minimum Gasteiger partial charge on any atom is -0.493 e. The van der Waals surface area contributed by atoms with Gasteiger partial charge in [-0.25, -0.2) is 4.39 Å². The fourth-order valence-corrected chi connectivity index (χ4v) is 2.23. The number of aromatic nitrogens is 2. The summed E-state index contributed by atoms with van der Waals surface area (Å²) in [5, 5.41) is 7.70. The summed E-state index contributed by atoms with van der Waals surface area (Å²) < 4.78 is 28.5. The van der Waals surface area contributed by atoms with Gasteiger partial charge in [0.1, 0.15) is 5.82 Å². The van der Waals surface area contributed by atoms with Crippen LogP contribution in [-0.2, 0) is 11.4 Å². The van der Waals surface area contributed by atoms with Crippen molar-refractivity contribution in [3.8, 4) is 22.9 Å². The van der Waals surface area contributed by atoms with E-state index in [1.54, 1.807) is 32.4 Å². The van der Waals surface area contributed by atoms with Gasteiger partial charge in [0.15, 0.2) is 18.1 Å². The maximum absolute atomic E-state index is 12.9. The van der Waals surface area contributed by atoms with Crippen molar-refractivity contribution in [3.63, 3.8) is 0 Å². The van der Waals surface area contributed by atoms with E-state index in [-0.39, 0.29) is 18.3 Å². The van der Waals surface area contributed by atoms with Crippen LogP contribution in [0.2, 0.25) is 0 Å². The molecule has 1 aromatic heterocycles. The van der Waals surface area contributed by atoms with Crippen LogP contribution in [0.5, 0.6) is 11.5 Å². The summed E-state index contributed by atoms with van der Waals surface area (Å²) >= 11 is 0. The van der Waals surface area contributed by atoms with Crippen molar-refractivity contribution in [2.45, 2.75) is 6.61 Å². The molecule has 1 heterocycles. The van der Waals surface area contributed by atoms with E-state index in [0.717, 1.165) is 0 Å². The second-order valence-corrected chi connectivity index (χ2v) is 5.11. The Bertz CT molecular complexity index is 894. The predicted octanol–water partition coefficient (Wildman–Crippen LogP) is 3.44. The number of methoxy groups -OCH3 is 2. The molecule has 134 valence electrons. The zero-order valence-electron chi connectivity index (χ0n) is 14.2. The zero-order valence-corrected chi connectivity index (χ0v) is 14.2. The lowest BCUT2D eigenvalue weighted by Crippen LogP contribution is -1.95. The molecule has 0 amide bonds. The van der Waals surface area contributed by atoms with Gasteiger partial charge in [-0.2, -0.15) is 4.98 Å². The first kappa shape index (κ1) is 17.4. The van der Waals surface area contributed by atoms with Gasteiger partial charge in [0.05, 0.1) is 20.4 Å². The number of rotatable bonds is 7. The Balaban J connectivity index is 1.62. The Morgan fingerprint density at radius 2 is 1.92 bits per heavy atom. The van der Waals surface area contributed by atoms with Gasteiger partial charge < -0.3 is 18.8 Å². The van der Waals surface area contributed by atoms with Crippen LogP contribution >= 0.6 is 0 Å². The third kappa shape index (κ3) is 3.97. The third-order valence-corrected chi connectivity index (χ3v) is 3.46. The van der Waals surface area contributed by atoms with Crippen LogP contribution in [0.3, 0.4) is 0 Å². The van der Waals surface area contributed by atoms with Crippen molar-refractivity contribution >= 4 is 6.21 Å². The quantitative estimate of drug-likeness (QED) is 0.476. The topological polar surface area (TPSA) is 79.0 Å². The van der Waals surface area contributed by atoms with E-state index < -0.39 is 0 Å². The maximum Gasteiger partial charge on any atom is 0.267 e. The van der Waals surface area contributed by atoms with Crippen molar-refractivity contribution in [2.75, 3.05) is 14.2 Å². The lowest BCUT2D eigenvalue weighted by Gasteiger charge is -2.09. The first-order chi connectivity index (χ1) is 12.7. The van der Waals surface area contributed by atoms with Crippen molar-refractivity contribution < 1.29 is 23.2 Å². The molecule has 2 aromatic carbocycles. The molecule has 3 rings (SSSR count). The standard InChI is InChI=1S/C18H16FN3O4/c1-23-15-5-3-4-13(17(15)24-2)10-20-25-11-16-21-18(22-26-16)12-6-8-14(19)9-7-12/h3-10H,11H2,1-2H3/b20-10-. The largest absolute Gasteiger partial charge is 0.493 e. The van der Waals surface area contributed by atoms with E-state index in [1.807, 2.05) is 12.1 Å². The molecule has 0 fully saturated rings. The number of oxime groups is 1. The first-order valence-electron chi connectivity index (χ1n) is 7.66. The van der Waals surface area contributed by atoms with Crippen LogP contribution in [0.15, 0.2) is 52.1 Å². The predicted molar refractivity (Wildman–Crippen MR) is 91.6 cm³/mol. The molecule has 0 atom stereocenters. The van der Waals surface area contributed by atoms with Crippen LogP contribution in [-0.4, -0.2) is 30.6 Å².